The predicted octanol–water partition coefficient (Wildman–Crippen LogP) is 3.52. The van der Waals surface area contributed by atoms with Crippen molar-refractivity contribution in [2.24, 2.45) is 0 Å². The van der Waals surface area contributed by atoms with Crippen LogP contribution < -0.4 is 5.76 Å². The van der Waals surface area contributed by atoms with E-state index in [1.165, 1.54) is 11.8 Å². The molecular weight excluding hydrogens is 331 g/mol. The van der Waals surface area contributed by atoms with Gasteiger partial charge in [0.15, 0.2) is 0 Å². The minimum absolute atomic E-state index is 0.0432. The van der Waals surface area contributed by atoms with Crippen molar-refractivity contribution in [2.75, 3.05) is 5.75 Å². The Hall–Kier alpha value is -2.03. The molecule has 0 spiro atoms. The maximum absolute atomic E-state index is 12.2. The highest BCUT2D eigenvalue weighted by Crippen LogP contribution is 2.27. The molecule has 0 N–H and O–H groups in total. The maximum Gasteiger partial charge on any atom is 0.437 e. The third kappa shape index (κ3) is 4.98. The van der Waals surface area contributed by atoms with Gasteiger partial charge in [-0.15, -0.1) is 23.4 Å². The Morgan fingerprint density at radius 3 is 2.91 bits per heavy atom. The van der Waals surface area contributed by atoms with Gasteiger partial charge in [-0.3, -0.25) is 0 Å². The van der Waals surface area contributed by atoms with Crippen LogP contribution in [0.25, 0.3) is 11.5 Å². The second-order valence-electron chi connectivity index (χ2n) is 4.57. The van der Waals surface area contributed by atoms with E-state index in [4.69, 9.17) is 4.42 Å². The van der Waals surface area contributed by atoms with Gasteiger partial charge >= 0.3 is 11.9 Å². The van der Waals surface area contributed by atoms with Gasteiger partial charge in [0.25, 0.3) is 5.89 Å². The van der Waals surface area contributed by atoms with E-state index in [0.717, 1.165) is 4.68 Å². The minimum Gasteiger partial charge on any atom is -0.387 e. The summed E-state index contributed by atoms with van der Waals surface area (Å²) in [6, 6.07) is 3.35. The molecule has 0 unspecified atom stereocenters. The van der Waals surface area contributed by atoms with Crippen LogP contribution in [-0.4, -0.2) is 26.7 Å². The molecule has 0 bridgehead atoms. The Morgan fingerprint density at radius 1 is 1.43 bits per heavy atom. The summed E-state index contributed by atoms with van der Waals surface area (Å²) >= 11 is 1.39. The summed E-state index contributed by atoms with van der Waals surface area (Å²) in [5, 5.41) is 4.57. The molecular formula is C14H14F3N3O2S. The number of pyridine rings is 1. The van der Waals surface area contributed by atoms with Crippen LogP contribution in [0.4, 0.5) is 13.2 Å². The molecule has 2 rings (SSSR count). The molecule has 0 amide bonds. The molecule has 0 atom stereocenters. The first-order chi connectivity index (χ1) is 10.9. The highest BCUT2D eigenvalue weighted by molar-refractivity contribution is 7.99. The summed E-state index contributed by atoms with van der Waals surface area (Å²) in [7, 11) is 0. The third-order valence-corrected chi connectivity index (χ3v) is 3.78. The Bertz CT molecular complexity index is 725. The summed E-state index contributed by atoms with van der Waals surface area (Å²) in [5.74, 6) is -0.132. The summed E-state index contributed by atoms with van der Waals surface area (Å²) < 4.78 is 42.4. The molecule has 0 aliphatic heterocycles. The van der Waals surface area contributed by atoms with Crippen molar-refractivity contribution in [3.05, 3.63) is 41.5 Å². The van der Waals surface area contributed by atoms with Crippen LogP contribution in [-0.2, 0) is 6.54 Å². The molecule has 0 radical (unpaired) electrons. The van der Waals surface area contributed by atoms with Crippen molar-refractivity contribution in [3.63, 3.8) is 0 Å². The molecule has 0 saturated heterocycles. The first-order valence-electron chi connectivity index (χ1n) is 6.74. The van der Waals surface area contributed by atoms with Gasteiger partial charge in [-0.1, -0.05) is 6.08 Å². The molecule has 23 heavy (non-hydrogen) atoms. The van der Waals surface area contributed by atoms with Crippen molar-refractivity contribution in [3.8, 4) is 11.5 Å². The standard InChI is InChI=1S/C14H14F3N3O2S/c1-2-9-23-12-10(5-3-7-18-12)11-19-20(13(21)22-11)8-4-6-14(15,16)17/h2-3,5,7H,1,4,6,8-9H2. The molecule has 0 aromatic carbocycles. The van der Waals surface area contributed by atoms with Gasteiger partial charge in [-0.25, -0.2) is 9.78 Å². The second kappa shape index (κ2) is 7.49. The highest BCUT2D eigenvalue weighted by atomic mass is 32.2. The topological polar surface area (TPSA) is 60.9 Å². The number of aromatic nitrogens is 3. The van der Waals surface area contributed by atoms with Crippen molar-refractivity contribution in [1.82, 2.24) is 14.8 Å². The SMILES string of the molecule is C=CCSc1ncccc1-c1nn(CCCC(F)(F)F)c(=O)o1. The predicted molar refractivity (Wildman–Crippen MR) is 80.2 cm³/mol. The number of rotatable bonds is 7. The quantitative estimate of drug-likeness (QED) is 0.568. The van der Waals surface area contributed by atoms with Crippen LogP contribution in [0.2, 0.25) is 0 Å². The van der Waals surface area contributed by atoms with Crippen molar-refractivity contribution < 1.29 is 17.6 Å². The van der Waals surface area contributed by atoms with Crippen LogP contribution >= 0.6 is 11.8 Å². The van der Waals surface area contributed by atoms with Gasteiger partial charge in [0.05, 0.1) is 5.56 Å². The molecule has 0 fully saturated rings. The number of nitrogens with zero attached hydrogens (tertiary/aromatic N) is 3. The first kappa shape index (κ1) is 17.3. The second-order valence-corrected chi connectivity index (χ2v) is 5.58. The molecule has 2 heterocycles. The lowest BCUT2D eigenvalue weighted by molar-refractivity contribution is -0.136. The number of hydrogen-bond donors (Lipinski definition) is 0. The Kier molecular flexibility index (Phi) is 5.64. The lowest BCUT2D eigenvalue weighted by Gasteiger charge is -2.04. The monoisotopic (exact) mass is 345 g/mol. The number of alkyl halides is 3. The largest absolute Gasteiger partial charge is 0.437 e. The zero-order valence-corrected chi connectivity index (χ0v) is 12.9. The molecule has 0 aliphatic carbocycles. The van der Waals surface area contributed by atoms with E-state index in [0.29, 0.717) is 16.3 Å². The Morgan fingerprint density at radius 2 is 2.22 bits per heavy atom. The summed E-state index contributed by atoms with van der Waals surface area (Å²) in [6.07, 6.45) is -2.17. The average molecular weight is 345 g/mol. The van der Waals surface area contributed by atoms with E-state index in [1.807, 2.05) is 0 Å². The number of halogens is 3. The lowest BCUT2D eigenvalue weighted by atomic mass is 10.3. The van der Waals surface area contributed by atoms with E-state index < -0.39 is 18.4 Å². The van der Waals surface area contributed by atoms with E-state index in [2.05, 4.69) is 16.7 Å². The van der Waals surface area contributed by atoms with Gasteiger partial charge in [-0.05, 0) is 18.6 Å². The van der Waals surface area contributed by atoms with Crippen molar-refractivity contribution in [2.45, 2.75) is 30.6 Å². The zero-order valence-electron chi connectivity index (χ0n) is 12.0. The minimum atomic E-state index is -4.26. The Balaban J connectivity index is 2.17. The fourth-order valence-electron chi connectivity index (χ4n) is 1.79. The first-order valence-corrected chi connectivity index (χ1v) is 7.73. The van der Waals surface area contributed by atoms with Crippen molar-refractivity contribution >= 4 is 11.8 Å². The Labute approximate surface area is 134 Å². The molecule has 0 aliphatic rings. The average Bonchev–Trinajstić information content (AvgIpc) is 2.85. The normalized spacial score (nSPS) is 11.6. The van der Waals surface area contributed by atoms with Crippen LogP contribution in [0.15, 0.2) is 45.2 Å². The third-order valence-electron chi connectivity index (χ3n) is 2.78. The molecule has 2 aromatic heterocycles. The van der Waals surface area contributed by atoms with E-state index >= 15 is 0 Å². The van der Waals surface area contributed by atoms with Crippen LogP contribution in [0.5, 0.6) is 0 Å². The van der Waals surface area contributed by atoms with Crippen LogP contribution in [0, 0.1) is 0 Å². The summed E-state index contributed by atoms with van der Waals surface area (Å²) in [4.78, 5) is 15.9. The smallest absolute Gasteiger partial charge is 0.387 e. The molecule has 124 valence electrons. The van der Waals surface area contributed by atoms with Gasteiger partial charge < -0.3 is 4.42 Å². The number of hydrogen-bond acceptors (Lipinski definition) is 5. The van der Waals surface area contributed by atoms with Crippen LogP contribution in [0.3, 0.4) is 0 Å². The molecule has 9 heteroatoms. The number of thioether (sulfide) groups is 1. The highest BCUT2D eigenvalue weighted by Gasteiger charge is 2.26. The van der Waals surface area contributed by atoms with Gasteiger partial charge in [0.1, 0.15) is 5.03 Å². The molecule has 0 saturated carbocycles. The molecule has 5 nitrogen and oxygen atoms in total. The number of aryl methyl sites for hydroxylation is 1. The van der Waals surface area contributed by atoms with Gasteiger partial charge in [-0.2, -0.15) is 17.9 Å². The molecule has 2 aromatic rings. The van der Waals surface area contributed by atoms with E-state index in [-0.39, 0.29) is 18.9 Å². The van der Waals surface area contributed by atoms with E-state index in [1.54, 1.807) is 24.4 Å². The van der Waals surface area contributed by atoms with Gasteiger partial charge in [0.2, 0.25) is 0 Å². The lowest BCUT2D eigenvalue weighted by Crippen LogP contribution is -2.17. The maximum atomic E-state index is 12.2. The fourth-order valence-corrected chi connectivity index (χ4v) is 2.51. The van der Waals surface area contributed by atoms with Crippen molar-refractivity contribution in [1.29, 1.82) is 0 Å². The summed E-state index contributed by atoms with van der Waals surface area (Å²) in [6.45, 7) is 3.46. The zero-order chi connectivity index (χ0) is 16.9. The van der Waals surface area contributed by atoms with E-state index in [9.17, 15) is 18.0 Å². The van der Waals surface area contributed by atoms with Gasteiger partial charge in [0, 0.05) is 24.9 Å². The fraction of sp³-hybridized carbons (Fsp3) is 0.357. The van der Waals surface area contributed by atoms with Crippen LogP contribution in [0.1, 0.15) is 12.8 Å². The summed E-state index contributed by atoms with van der Waals surface area (Å²) in [5.41, 5.74) is 0.519.